The standard InChI is InChI=1S/C18H26O11.C3H9N/c1-6-7-12(23)14(25)16(27,9(3)20)18(29,11(5)22)17(28,10(4)21)15(26)13(24)8(2)19;1-4(2)3/h13,15,24,26-29H,6-7H2,1-5H3;1-3H3/t13?,15-,16+,17-,18-;/m1./s1. The van der Waals surface area contributed by atoms with E-state index in [2.05, 4.69) is 0 Å². The van der Waals surface area contributed by atoms with E-state index in [1.54, 1.807) is 0 Å². The van der Waals surface area contributed by atoms with E-state index in [4.69, 9.17) is 0 Å². The maximum absolute atomic E-state index is 12.6. The van der Waals surface area contributed by atoms with E-state index in [1.807, 2.05) is 26.0 Å². The highest BCUT2D eigenvalue weighted by atomic mass is 16.4. The van der Waals surface area contributed by atoms with Gasteiger partial charge in [-0.3, -0.25) is 28.8 Å². The van der Waals surface area contributed by atoms with Gasteiger partial charge in [0.2, 0.25) is 22.8 Å². The molecule has 0 aromatic rings. The van der Waals surface area contributed by atoms with Gasteiger partial charge in [0.1, 0.15) is 12.2 Å². The number of aliphatic hydroxyl groups excluding tert-OH is 2. The van der Waals surface area contributed by atoms with Gasteiger partial charge in [-0.2, -0.15) is 0 Å². The van der Waals surface area contributed by atoms with Crippen molar-refractivity contribution in [1.82, 2.24) is 4.90 Å². The molecule has 0 aliphatic rings. The average molecular weight is 478 g/mol. The first kappa shape index (κ1) is 33.0. The molecule has 0 aliphatic heterocycles. The lowest BCUT2D eigenvalue weighted by Gasteiger charge is -2.49. The molecule has 0 radical (unpaired) electrons. The molecular weight excluding hydrogens is 442 g/mol. The molecule has 0 fully saturated rings. The van der Waals surface area contributed by atoms with Crippen molar-refractivity contribution in [3.63, 3.8) is 0 Å². The van der Waals surface area contributed by atoms with Gasteiger partial charge in [0.05, 0.1) is 0 Å². The Hall–Kier alpha value is -2.22. The Bertz CT molecular complexity index is 790. The number of Topliss-reactive ketones (excluding diaryl/α,β-unsaturated/α-hetero) is 6. The Morgan fingerprint density at radius 3 is 1.42 bits per heavy atom. The lowest BCUT2D eigenvalue weighted by atomic mass is 9.60. The summed E-state index contributed by atoms with van der Waals surface area (Å²) in [6, 6.07) is 0. The lowest BCUT2D eigenvalue weighted by molar-refractivity contribution is -0.250. The number of hydrogen-bond acceptors (Lipinski definition) is 12. The molecule has 5 atom stereocenters. The summed E-state index contributed by atoms with van der Waals surface area (Å²) in [5.74, 6) is -9.78. The van der Waals surface area contributed by atoms with E-state index in [0.29, 0.717) is 20.8 Å². The predicted molar refractivity (Wildman–Crippen MR) is 114 cm³/mol. The van der Waals surface area contributed by atoms with Crippen molar-refractivity contribution in [1.29, 1.82) is 0 Å². The van der Waals surface area contributed by atoms with Crippen LogP contribution in [0.2, 0.25) is 0 Å². The SMILES string of the molecule is CCCC(=O)C(=O)[C@@](O)(C(C)=O)[C@](O)(C(C)=O)[C@@](O)(C(C)=O)[C@H](O)C(O)C(C)=O.CN(C)C. The van der Waals surface area contributed by atoms with Gasteiger partial charge in [0.15, 0.2) is 28.7 Å². The van der Waals surface area contributed by atoms with Gasteiger partial charge < -0.3 is 30.4 Å². The number of hydrogen-bond donors (Lipinski definition) is 5. The van der Waals surface area contributed by atoms with Gasteiger partial charge in [-0.1, -0.05) is 6.92 Å². The molecule has 12 nitrogen and oxygen atoms in total. The Labute approximate surface area is 192 Å². The van der Waals surface area contributed by atoms with Gasteiger partial charge in [0.25, 0.3) is 0 Å². The summed E-state index contributed by atoms with van der Waals surface area (Å²) >= 11 is 0. The van der Waals surface area contributed by atoms with Crippen molar-refractivity contribution in [3.8, 4) is 0 Å². The summed E-state index contributed by atoms with van der Waals surface area (Å²) in [7, 11) is 6.00. The monoisotopic (exact) mass is 477 g/mol. The normalized spacial score (nSPS) is 18.4. The maximum atomic E-state index is 12.6. The zero-order valence-corrected chi connectivity index (χ0v) is 20.2. The summed E-state index contributed by atoms with van der Waals surface area (Å²) < 4.78 is 0. The van der Waals surface area contributed by atoms with Crippen LogP contribution in [0.15, 0.2) is 0 Å². The summed E-state index contributed by atoms with van der Waals surface area (Å²) in [6.45, 7) is 3.66. The molecular formula is C21H35NO11. The highest BCUT2D eigenvalue weighted by Crippen LogP contribution is 2.40. The minimum Gasteiger partial charge on any atom is -0.386 e. The number of nitrogens with zero attached hydrogens (tertiary/aromatic N) is 1. The second-order valence-electron chi connectivity index (χ2n) is 8.20. The van der Waals surface area contributed by atoms with Crippen LogP contribution >= 0.6 is 0 Å². The Balaban J connectivity index is 0. The van der Waals surface area contributed by atoms with Crippen LogP contribution in [-0.2, 0) is 28.8 Å². The molecule has 5 N–H and O–H groups in total. The van der Waals surface area contributed by atoms with Crippen molar-refractivity contribution in [2.75, 3.05) is 21.1 Å². The number of carbonyl (C=O) groups is 6. The zero-order valence-electron chi connectivity index (χ0n) is 20.2. The summed E-state index contributed by atoms with van der Waals surface area (Å²) in [6.07, 6.45) is -5.96. The largest absolute Gasteiger partial charge is 0.386 e. The van der Waals surface area contributed by atoms with Crippen molar-refractivity contribution < 1.29 is 54.3 Å². The highest BCUT2D eigenvalue weighted by molar-refractivity contribution is 6.46. The molecule has 0 amide bonds. The molecule has 0 spiro atoms. The van der Waals surface area contributed by atoms with Crippen LogP contribution in [0.5, 0.6) is 0 Å². The minimum absolute atomic E-state index is 0.0692. The van der Waals surface area contributed by atoms with Crippen LogP contribution in [0.25, 0.3) is 0 Å². The second-order valence-corrected chi connectivity index (χ2v) is 8.20. The van der Waals surface area contributed by atoms with E-state index in [-0.39, 0.29) is 6.42 Å². The van der Waals surface area contributed by atoms with Crippen molar-refractivity contribution in [2.24, 2.45) is 0 Å². The summed E-state index contributed by atoms with van der Waals surface area (Å²) in [5, 5.41) is 52.7. The van der Waals surface area contributed by atoms with Crippen molar-refractivity contribution in [2.45, 2.75) is 76.5 Å². The maximum Gasteiger partial charge on any atom is 0.241 e. The lowest BCUT2D eigenvalue weighted by Crippen LogP contribution is -2.82. The molecule has 0 rings (SSSR count). The van der Waals surface area contributed by atoms with Crippen LogP contribution in [-0.4, -0.2) is 115 Å². The van der Waals surface area contributed by atoms with E-state index in [0.717, 1.165) is 6.92 Å². The molecule has 0 aromatic heterocycles. The fourth-order valence-corrected chi connectivity index (χ4v) is 3.05. The molecule has 190 valence electrons. The summed E-state index contributed by atoms with van der Waals surface area (Å²) in [4.78, 5) is 74.8. The zero-order chi connectivity index (χ0) is 27.1. The quantitative estimate of drug-likeness (QED) is 0.145. The molecule has 0 saturated heterocycles. The van der Waals surface area contributed by atoms with Crippen molar-refractivity contribution >= 4 is 34.7 Å². The van der Waals surface area contributed by atoms with Gasteiger partial charge in [-0.05, 0) is 55.3 Å². The van der Waals surface area contributed by atoms with Crippen molar-refractivity contribution in [3.05, 3.63) is 0 Å². The molecule has 12 heteroatoms. The number of rotatable bonds is 12. The number of ketones is 6. The Kier molecular flexibility index (Phi) is 12.3. The first-order chi connectivity index (χ1) is 14.7. The van der Waals surface area contributed by atoms with Gasteiger partial charge in [-0.25, -0.2) is 0 Å². The molecule has 0 bridgehead atoms. The molecule has 0 aromatic carbocycles. The van der Waals surface area contributed by atoms with E-state index in [9.17, 15) is 54.3 Å². The molecule has 33 heavy (non-hydrogen) atoms. The van der Waals surface area contributed by atoms with Crippen LogP contribution in [0.4, 0.5) is 0 Å². The minimum atomic E-state index is -4.12. The Morgan fingerprint density at radius 1 is 0.788 bits per heavy atom. The van der Waals surface area contributed by atoms with Gasteiger partial charge in [-0.15, -0.1) is 0 Å². The van der Waals surface area contributed by atoms with Crippen LogP contribution in [0.1, 0.15) is 47.5 Å². The van der Waals surface area contributed by atoms with E-state index >= 15 is 0 Å². The fraction of sp³-hybridized carbons (Fsp3) is 0.714. The van der Waals surface area contributed by atoms with E-state index < -0.39 is 70.1 Å². The van der Waals surface area contributed by atoms with Crippen LogP contribution in [0.3, 0.4) is 0 Å². The summed E-state index contributed by atoms with van der Waals surface area (Å²) in [5.41, 5.74) is -12.0. The predicted octanol–water partition coefficient (Wildman–Crippen LogP) is -2.63. The highest BCUT2D eigenvalue weighted by Gasteiger charge is 2.75. The fourth-order valence-electron chi connectivity index (χ4n) is 3.05. The Morgan fingerprint density at radius 2 is 1.18 bits per heavy atom. The second kappa shape index (κ2) is 12.3. The number of aliphatic hydroxyl groups is 5. The third-order valence-corrected chi connectivity index (χ3v) is 4.83. The topological polar surface area (TPSA) is 207 Å². The van der Waals surface area contributed by atoms with Gasteiger partial charge in [0, 0.05) is 6.42 Å². The third-order valence-electron chi connectivity index (χ3n) is 4.83. The smallest absolute Gasteiger partial charge is 0.241 e. The van der Waals surface area contributed by atoms with Gasteiger partial charge >= 0.3 is 0 Å². The molecule has 0 heterocycles. The number of carbonyl (C=O) groups excluding carboxylic acids is 6. The molecule has 0 saturated carbocycles. The van der Waals surface area contributed by atoms with Crippen LogP contribution < -0.4 is 0 Å². The first-order valence-electron chi connectivity index (χ1n) is 9.97. The molecule has 1 unspecified atom stereocenters. The van der Waals surface area contributed by atoms with Crippen LogP contribution in [0, 0.1) is 0 Å². The average Bonchev–Trinajstić information content (AvgIpc) is 2.68. The van der Waals surface area contributed by atoms with E-state index in [1.165, 1.54) is 6.92 Å². The first-order valence-corrected chi connectivity index (χ1v) is 9.97. The molecule has 0 aliphatic carbocycles. The third kappa shape index (κ3) is 6.22.